The average Bonchev–Trinajstić information content (AvgIpc) is 2.81. The highest BCUT2D eigenvalue weighted by Crippen LogP contribution is 2.10. The third kappa shape index (κ3) is 14.1. The maximum Gasteiger partial charge on any atom is 0.244 e. The van der Waals surface area contributed by atoms with Crippen LogP contribution < -0.4 is 27.4 Å². The number of nitrogens with zero attached hydrogens (tertiary/aromatic N) is 1. The smallest absolute Gasteiger partial charge is 0.244 e. The number of hydrogen-bond acceptors (Lipinski definition) is 4. The van der Waals surface area contributed by atoms with Crippen molar-refractivity contribution in [2.24, 2.45) is 28.3 Å². The lowest BCUT2D eigenvalue weighted by molar-refractivity contribution is -0.131. The Morgan fingerprint density at radius 1 is 0.861 bits per heavy atom. The van der Waals surface area contributed by atoms with Gasteiger partial charge in [-0.1, -0.05) is 58.0 Å². The van der Waals surface area contributed by atoms with Crippen molar-refractivity contribution < 1.29 is 14.4 Å². The Balaban J connectivity index is 2.70. The molecular formula is C27H44N6O3. The summed E-state index contributed by atoms with van der Waals surface area (Å²) in [6, 6.07) is 8.04. The fraction of sp³-hybridized carbons (Fsp3) is 0.556. The third-order valence-corrected chi connectivity index (χ3v) is 5.34. The van der Waals surface area contributed by atoms with Crippen molar-refractivity contribution in [1.29, 1.82) is 0 Å². The summed E-state index contributed by atoms with van der Waals surface area (Å²) < 4.78 is 0. The first-order valence-corrected chi connectivity index (χ1v) is 12.8. The molecule has 200 valence electrons. The molecule has 0 radical (unpaired) electrons. The van der Waals surface area contributed by atoms with Gasteiger partial charge in [0.2, 0.25) is 17.7 Å². The van der Waals surface area contributed by atoms with Crippen LogP contribution in [0.15, 0.2) is 41.4 Å². The largest absolute Gasteiger partial charge is 0.370 e. The van der Waals surface area contributed by atoms with Gasteiger partial charge in [0, 0.05) is 19.2 Å². The van der Waals surface area contributed by atoms with Gasteiger partial charge in [0.25, 0.3) is 0 Å². The quantitative estimate of drug-likeness (QED) is 0.102. The molecule has 0 aliphatic heterocycles. The molecule has 9 nitrogen and oxygen atoms in total. The van der Waals surface area contributed by atoms with E-state index in [1.807, 2.05) is 58.0 Å². The number of rotatable bonds is 16. The second-order valence-corrected chi connectivity index (χ2v) is 9.78. The minimum Gasteiger partial charge on any atom is -0.370 e. The summed E-state index contributed by atoms with van der Waals surface area (Å²) >= 11 is 0. The summed E-state index contributed by atoms with van der Waals surface area (Å²) in [5.74, 6) is -0.480. The molecule has 0 aliphatic rings. The van der Waals surface area contributed by atoms with Gasteiger partial charge in [-0.15, -0.1) is 0 Å². The third-order valence-electron chi connectivity index (χ3n) is 5.34. The normalized spacial score (nSPS) is 12.8. The van der Waals surface area contributed by atoms with Crippen LogP contribution in [0.5, 0.6) is 0 Å². The molecule has 0 aromatic heterocycles. The number of amides is 3. The van der Waals surface area contributed by atoms with Crippen LogP contribution in [0.3, 0.4) is 0 Å². The Hall–Kier alpha value is -3.36. The molecule has 9 heteroatoms. The van der Waals surface area contributed by atoms with Crippen LogP contribution in [0.25, 0.3) is 6.08 Å². The molecule has 0 fully saturated rings. The zero-order valence-electron chi connectivity index (χ0n) is 22.1. The minimum absolute atomic E-state index is 0.0785. The predicted octanol–water partition coefficient (Wildman–Crippen LogP) is 2.32. The lowest BCUT2D eigenvalue weighted by Gasteiger charge is -2.25. The number of nitrogens with one attached hydrogen (secondary N) is 3. The van der Waals surface area contributed by atoms with E-state index in [2.05, 4.69) is 20.9 Å². The average molecular weight is 501 g/mol. The second kappa shape index (κ2) is 17.1. The second-order valence-electron chi connectivity index (χ2n) is 9.78. The first-order chi connectivity index (χ1) is 17.1. The molecule has 0 heterocycles. The number of unbranched alkanes of at least 4 members (excludes halogenated alkanes) is 2. The van der Waals surface area contributed by atoms with Gasteiger partial charge in [0.1, 0.15) is 12.1 Å². The van der Waals surface area contributed by atoms with Crippen molar-refractivity contribution in [2.75, 3.05) is 13.1 Å². The standard InChI is InChI=1S/C27H44N6O3/c1-19(2)17-22(25(35)30-15-9-6-10-16-31-27(28)29)33-26(36)23(18-20(3)4)32-24(34)14-13-21-11-7-5-8-12-21/h5,7-8,11-14,19-20,22-23H,6,9-10,15-18H2,1-4H3,(H,30,35)(H,32,34)(H,33,36)(H4,28,29,31)/b14-13+. The first-order valence-electron chi connectivity index (χ1n) is 12.8. The van der Waals surface area contributed by atoms with Gasteiger partial charge in [-0.2, -0.15) is 0 Å². The van der Waals surface area contributed by atoms with E-state index in [0.29, 0.717) is 25.9 Å². The Morgan fingerprint density at radius 3 is 2.06 bits per heavy atom. The summed E-state index contributed by atoms with van der Waals surface area (Å²) in [6.07, 6.45) is 6.56. The molecule has 0 saturated heterocycles. The van der Waals surface area contributed by atoms with Crippen molar-refractivity contribution >= 4 is 29.8 Å². The van der Waals surface area contributed by atoms with Crippen molar-refractivity contribution in [1.82, 2.24) is 16.0 Å². The Labute approximate surface area is 215 Å². The van der Waals surface area contributed by atoms with E-state index in [1.54, 1.807) is 6.08 Å². The van der Waals surface area contributed by atoms with Crippen LogP contribution in [0, 0.1) is 11.8 Å². The Bertz CT molecular complexity index is 864. The van der Waals surface area contributed by atoms with Crippen LogP contribution in [-0.4, -0.2) is 48.9 Å². The molecule has 0 saturated carbocycles. The minimum atomic E-state index is -0.740. The molecule has 2 unspecified atom stereocenters. The van der Waals surface area contributed by atoms with Gasteiger partial charge >= 0.3 is 0 Å². The lowest BCUT2D eigenvalue weighted by Crippen LogP contribution is -2.54. The van der Waals surface area contributed by atoms with E-state index in [0.717, 1.165) is 24.8 Å². The summed E-state index contributed by atoms with van der Waals surface area (Å²) in [6.45, 7) is 9.03. The molecule has 0 spiro atoms. The lowest BCUT2D eigenvalue weighted by atomic mass is 10.00. The highest BCUT2D eigenvalue weighted by Gasteiger charge is 2.27. The molecule has 3 amide bonds. The Morgan fingerprint density at radius 2 is 1.47 bits per heavy atom. The molecule has 0 aliphatic carbocycles. The number of guanidine groups is 1. The molecule has 1 aromatic carbocycles. The van der Waals surface area contributed by atoms with E-state index in [4.69, 9.17) is 11.5 Å². The molecule has 0 bridgehead atoms. The van der Waals surface area contributed by atoms with Crippen LogP contribution in [0.1, 0.15) is 65.4 Å². The van der Waals surface area contributed by atoms with Gasteiger partial charge < -0.3 is 27.4 Å². The predicted molar refractivity (Wildman–Crippen MR) is 146 cm³/mol. The summed E-state index contributed by atoms with van der Waals surface area (Å²) in [5.41, 5.74) is 11.5. The molecule has 36 heavy (non-hydrogen) atoms. The van der Waals surface area contributed by atoms with Gasteiger partial charge in [-0.3, -0.25) is 19.4 Å². The zero-order valence-corrected chi connectivity index (χ0v) is 22.1. The maximum atomic E-state index is 13.1. The number of benzene rings is 1. The fourth-order valence-corrected chi connectivity index (χ4v) is 3.59. The fourth-order valence-electron chi connectivity index (χ4n) is 3.59. The number of nitrogens with two attached hydrogens (primary N) is 2. The number of aliphatic imine (C=N–C) groups is 1. The monoisotopic (exact) mass is 500 g/mol. The van der Waals surface area contributed by atoms with Crippen molar-refractivity contribution in [3.63, 3.8) is 0 Å². The highest BCUT2D eigenvalue weighted by molar-refractivity contribution is 5.96. The summed E-state index contributed by atoms with van der Waals surface area (Å²) in [4.78, 5) is 42.4. The van der Waals surface area contributed by atoms with Gasteiger partial charge in [-0.25, -0.2) is 0 Å². The van der Waals surface area contributed by atoms with Crippen LogP contribution >= 0.6 is 0 Å². The van der Waals surface area contributed by atoms with Gasteiger partial charge in [0.15, 0.2) is 5.96 Å². The van der Waals surface area contributed by atoms with Crippen LogP contribution in [0.2, 0.25) is 0 Å². The van der Waals surface area contributed by atoms with E-state index in [-0.39, 0.29) is 35.5 Å². The van der Waals surface area contributed by atoms with E-state index in [1.165, 1.54) is 6.08 Å². The van der Waals surface area contributed by atoms with E-state index >= 15 is 0 Å². The van der Waals surface area contributed by atoms with Crippen molar-refractivity contribution in [2.45, 2.75) is 71.9 Å². The van der Waals surface area contributed by atoms with Gasteiger partial charge in [0.05, 0.1) is 0 Å². The first kappa shape index (κ1) is 30.7. The molecule has 7 N–H and O–H groups in total. The summed E-state index contributed by atoms with van der Waals surface area (Å²) in [5, 5.41) is 8.58. The summed E-state index contributed by atoms with van der Waals surface area (Å²) in [7, 11) is 0. The zero-order chi connectivity index (χ0) is 26.9. The van der Waals surface area contributed by atoms with Crippen molar-refractivity contribution in [3.8, 4) is 0 Å². The number of carbonyl (C=O) groups is 3. The van der Waals surface area contributed by atoms with Crippen LogP contribution in [0.4, 0.5) is 0 Å². The highest BCUT2D eigenvalue weighted by atomic mass is 16.2. The van der Waals surface area contributed by atoms with E-state index in [9.17, 15) is 14.4 Å². The topological polar surface area (TPSA) is 152 Å². The van der Waals surface area contributed by atoms with Crippen molar-refractivity contribution in [3.05, 3.63) is 42.0 Å². The number of carbonyl (C=O) groups excluding carboxylic acids is 3. The molecule has 1 rings (SSSR count). The maximum absolute atomic E-state index is 13.1. The number of hydrogen-bond donors (Lipinski definition) is 5. The van der Waals surface area contributed by atoms with E-state index < -0.39 is 12.1 Å². The SMILES string of the molecule is CC(C)CC(NC(=O)/C=C/c1ccccc1)C(=O)NC(CC(C)C)C(=O)NCCCCCN=C(N)N. The molecule has 2 atom stereocenters. The molecular weight excluding hydrogens is 456 g/mol. The molecule has 1 aromatic rings. The van der Waals surface area contributed by atoms with Crippen LogP contribution in [-0.2, 0) is 14.4 Å². The van der Waals surface area contributed by atoms with Gasteiger partial charge in [-0.05, 0) is 55.6 Å². The Kier molecular flexibility index (Phi) is 14.6.